The van der Waals surface area contributed by atoms with Crippen LogP contribution in [0.2, 0.25) is 5.02 Å². The second-order valence-corrected chi connectivity index (χ2v) is 7.96. The van der Waals surface area contributed by atoms with Crippen LogP contribution >= 0.6 is 23.4 Å². The number of carbonyl (C=O) groups is 1. The van der Waals surface area contributed by atoms with Gasteiger partial charge in [0.15, 0.2) is 0 Å². The summed E-state index contributed by atoms with van der Waals surface area (Å²) in [4.78, 5) is 14.4. The van der Waals surface area contributed by atoms with Crippen molar-refractivity contribution in [3.8, 4) is 0 Å². The summed E-state index contributed by atoms with van der Waals surface area (Å²) in [5.41, 5.74) is 4.00. The maximum absolute atomic E-state index is 12.0. The van der Waals surface area contributed by atoms with E-state index < -0.39 is 0 Å². The second-order valence-electron chi connectivity index (χ2n) is 6.54. The molecule has 0 fully saturated rings. The number of para-hydroxylation sites is 1. The number of benzene rings is 2. The third-order valence-corrected chi connectivity index (χ3v) is 5.80. The van der Waals surface area contributed by atoms with Crippen molar-refractivity contribution in [1.29, 1.82) is 0 Å². The van der Waals surface area contributed by atoms with Crippen molar-refractivity contribution in [1.82, 2.24) is 5.32 Å². The Kier molecular flexibility index (Phi) is 7.27. The molecule has 0 aliphatic carbocycles. The highest BCUT2D eigenvalue weighted by Gasteiger charge is 2.15. The van der Waals surface area contributed by atoms with E-state index in [0.717, 1.165) is 36.8 Å². The van der Waals surface area contributed by atoms with Crippen molar-refractivity contribution in [2.75, 3.05) is 30.3 Å². The van der Waals surface area contributed by atoms with Crippen LogP contribution in [0, 0.1) is 0 Å². The summed E-state index contributed by atoms with van der Waals surface area (Å²) in [7, 11) is 0. The number of rotatable bonds is 8. The quantitative estimate of drug-likeness (QED) is 0.674. The number of carbonyl (C=O) groups excluding carboxylic acids is 1. The number of amides is 1. The monoisotopic (exact) mass is 388 g/mol. The summed E-state index contributed by atoms with van der Waals surface area (Å²) in [6.45, 7) is 2.84. The zero-order valence-corrected chi connectivity index (χ0v) is 16.5. The first-order valence-electron chi connectivity index (χ1n) is 9.14. The summed E-state index contributed by atoms with van der Waals surface area (Å²) >= 11 is 7.51. The van der Waals surface area contributed by atoms with Gasteiger partial charge in [0.2, 0.25) is 5.91 Å². The van der Waals surface area contributed by atoms with Gasteiger partial charge in [-0.15, -0.1) is 11.8 Å². The van der Waals surface area contributed by atoms with Crippen molar-refractivity contribution >= 4 is 35.0 Å². The van der Waals surface area contributed by atoms with Crippen LogP contribution in [0.3, 0.4) is 0 Å². The molecule has 0 unspecified atom stereocenters. The molecule has 1 heterocycles. The predicted molar refractivity (Wildman–Crippen MR) is 112 cm³/mol. The molecule has 0 atom stereocenters. The Morgan fingerprint density at radius 1 is 1.15 bits per heavy atom. The van der Waals surface area contributed by atoms with Crippen LogP contribution in [0.4, 0.5) is 5.69 Å². The topological polar surface area (TPSA) is 32.3 Å². The van der Waals surface area contributed by atoms with E-state index in [9.17, 15) is 4.79 Å². The van der Waals surface area contributed by atoms with Crippen LogP contribution in [0.25, 0.3) is 0 Å². The Morgan fingerprint density at radius 3 is 2.81 bits per heavy atom. The molecule has 5 heteroatoms. The van der Waals surface area contributed by atoms with Crippen LogP contribution in [0.1, 0.15) is 24.0 Å². The first kappa shape index (κ1) is 19.1. The van der Waals surface area contributed by atoms with Gasteiger partial charge in [0, 0.05) is 36.1 Å². The number of hydrogen-bond donors (Lipinski definition) is 1. The fraction of sp³-hybridized carbons (Fsp3) is 0.381. The smallest absolute Gasteiger partial charge is 0.230 e. The van der Waals surface area contributed by atoms with Crippen LogP contribution in [-0.4, -0.2) is 31.3 Å². The Labute approximate surface area is 165 Å². The molecule has 26 heavy (non-hydrogen) atoms. The molecule has 0 saturated carbocycles. The lowest BCUT2D eigenvalue weighted by atomic mass is 10.0. The Hall–Kier alpha value is -1.65. The minimum absolute atomic E-state index is 0.114. The molecular weight excluding hydrogens is 364 g/mol. The molecule has 138 valence electrons. The minimum Gasteiger partial charge on any atom is -0.371 e. The lowest BCUT2D eigenvalue weighted by molar-refractivity contribution is -0.118. The first-order chi connectivity index (χ1) is 12.7. The molecule has 1 aliphatic heterocycles. The summed E-state index contributed by atoms with van der Waals surface area (Å²) < 4.78 is 0. The van der Waals surface area contributed by atoms with Gasteiger partial charge in [0.05, 0.1) is 5.75 Å². The normalized spacial score (nSPS) is 13.3. The standard InChI is InChI=1S/C21H25ClN2OS/c22-19-10-8-17(9-11-19)15-26-16-21(25)23-12-4-14-24-13-3-6-18-5-1-2-7-20(18)24/h1-2,5,7-11H,3-4,6,12-16H2,(H,23,25). The number of thioether (sulfide) groups is 1. The summed E-state index contributed by atoms with van der Waals surface area (Å²) in [6, 6.07) is 16.4. The van der Waals surface area contributed by atoms with E-state index in [4.69, 9.17) is 11.6 Å². The van der Waals surface area contributed by atoms with Gasteiger partial charge in [0.25, 0.3) is 0 Å². The molecule has 0 saturated heterocycles. The number of nitrogens with one attached hydrogen (secondary N) is 1. The molecule has 3 nitrogen and oxygen atoms in total. The third kappa shape index (κ3) is 5.68. The maximum atomic E-state index is 12.0. The van der Waals surface area contributed by atoms with Gasteiger partial charge in [-0.25, -0.2) is 0 Å². The Bertz CT molecular complexity index is 720. The molecule has 3 rings (SSSR count). The van der Waals surface area contributed by atoms with Crippen molar-refractivity contribution in [2.45, 2.75) is 25.0 Å². The highest BCUT2D eigenvalue weighted by atomic mass is 35.5. The van der Waals surface area contributed by atoms with Crippen molar-refractivity contribution < 1.29 is 4.79 Å². The van der Waals surface area contributed by atoms with E-state index in [1.807, 2.05) is 24.3 Å². The highest BCUT2D eigenvalue weighted by molar-refractivity contribution is 7.99. The van der Waals surface area contributed by atoms with Crippen molar-refractivity contribution in [2.24, 2.45) is 0 Å². The number of halogens is 1. The number of nitrogens with zero attached hydrogens (tertiary/aromatic N) is 1. The fourth-order valence-electron chi connectivity index (χ4n) is 3.23. The fourth-order valence-corrected chi connectivity index (χ4v) is 4.18. The lowest BCUT2D eigenvalue weighted by Gasteiger charge is -2.31. The van der Waals surface area contributed by atoms with Crippen LogP contribution < -0.4 is 10.2 Å². The summed E-state index contributed by atoms with van der Waals surface area (Å²) in [6.07, 6.45) is 3.36. The van der Waals surface area contributed by atoms with Gasteiger partial charge < -0.3 is 10.2 Å². The zero-order valence-electron chi connectivity index (χ0n) is 14.9. The van der Waals surface area contributed by atoms with E-state index in [2.05, 4.69) is 34.5 Å². The average molecular weight is 389 g/mol. The minimum atomic E-state index is 0.114. The van der Waals surface area contributed by atoms with E-state index >= 15 is 0 Å². The number of fused-ring (bicyclic) bond motifs is 1. The first-order valence-corrected chi connectivity index (χ1v) is 10.7. The molecule has 1 amide bonds. The zero-order chi connectivity index (χ0) is 18.2. The van der Waals surface area contributed by atoms with Crippen LogP contribution in [0.5, 0.6) is 0 Å². The molecule has 1 N–H and O–H groups in total. The lowest BCUT2D eigenvalue weighted by Crippen LogP contribution is -2.33. The number of anilines is 1. The SMILES string of the molecule is O=C(CSCc1ccc(Cl)cc1)NCCCN1CCCc2ccccc21. The van der Waals surface area contributed by atoms with Crippen LogP contribution in [-0.2, 0) is 17.0 Å². The number of hydrogen-bond acceptors (Lipinski definition) is 3. The van der Waals surface area contributed by atoms with Gasteiger partial charge >= 0.3 is 0 Å². The van der Waals surface area contributed by atoms with Gasteiger partial charge in [-0.2, -0.15) is 0 Å². The molecule has 1 aliphatic rings. The average Bonchev–Trinajstić information content (AvgIpc) is 2.67. The highest BCUT2D eigenvalue weighted by Crippen LogP contribution is 2.26. The summed E-state index contributed by atoms with van der Waals surface area (Å²) in [5, 5.41) is 3.78. The van der Waals surface area contributed by atoms with Crippen LogP contribution in [0.15, 0.2) is 48.5 Å². The maximum Gasteiger partial charge on any atom is 0.230 e. The Morgan fingerprint density at radius 2 is 1.96 bits per heavy atom. The number of aryl methyl sites for hydroxylation is 1. The van der Waals surface area contributed by atoms with E-state index in [0.29, 0.717) is 5.75 Å². The molecule has 0 radical (unpaired) electrons. The van der Waals surface area contributed by atoms with Crippen molar-refractivity contribution in [3.05, 3.63) is 64.7 Å². The molecule has 0 spiro atoms. The molecule has 2 aromatic carbocycles. The third-order valence-electron chi connectivity index (χ3n) is 4.55. The molecule has 2 aromatic rings. The van der Waals surface area contributed by atoms with E-state index in [1.54, 1.807) is 11.8 Å². The van der Waals surface area contributed by atoms with Gasteiger partial charge in [-0.1, -0.05) is 41.9 Å². The molecule has 0 bridgehead atoms. The summed E-state index contributed by atoms with van der Waals surface area (Å²) in [5.74, 6) is 1.44. The second kappa shape index (κ2) is 9.89. The Balaban J connectivity index is 1.31. The van der Waals surface area contributed by atoms with Gasteiger partial charge in [-0.05, 0) is 48.6 Å². The predicted octanol–water partition coefficient (Wildman–Crippen LogP) is 4.53. The molecule has 0 aromatic heterocycles. The van der Waals surface area contributed by atoms with Crippen molar-refractivity contribution in [3.63, 3.8) is 0 Å². The molecular formula is C21H25ClN2OS. The van der Waals surface area contributed by atoms with Gasteiger partial charge in [0.1, 0.15) is 0 Å². The largest absolute Gasteiger partial charge is 0.371 e. The van der Waals surface area contributed by atoms with E-state index in [-0.39, 0.29) is 5.91 Å². The van der Waals surface area contributed by atoms with Gasteiger partial charge in [-0.3, -0.25) is 4.79 Å². The van der Waals surface area contributed by atoms with E-state index in [1.165, 1.54) is 29.7 Å².